The third kappa shape index (κ3) is 4.77. The number of carbonyl (C=O) groups is 1. The number of para-hydroxylation sites is 1. The second kappa shape index (κ2) is 8.69. The van der Waals surface area contributed by atoms with Crippen LogP contribution in [0.4, 0.5) is 0 Å². The van der Waals surface area contributed by atoms with Gasteiger partial charge in [0.1, 0.15) is 9.96 Å². The molecule has 1 amide bonds. The lowest BCUT2D eigenvalue weighted by Gasteiger charge is -2.13. The van der Waals surface area contributed by atoms with Gasteiger partial charge in [-0.3, -0.25) is 4.79 Å². The highest BCUT2D eigenvalue weighted by Gasteiger charge is 2.28. The van der Waals surface area contributed by atoms with Crippen LogP contribution in [0.25, 0.3) is 6.08 Å². The zero-order valence-corrected chi connectivity index (χ0v) is 16.7. The first kappa shape index (κ1) is 19.6. The van der Waals surface area contributed by atoms with E-state index in [9.17, 15) is 13.2 Å². The van der Waals surface area contributed by atoms with E-state index in [2.05, 4.69) is 5.32 Å². The van der Waals surface area contributed by atoms with Gasteiger partial charge in [0.15, 0.2) is 0 Å². The molecule has 0 radical (unpaired) electrons. The first-order chi connectivity index (χ1) is 13.0. The third-order valence-electron chi connectivity index (χ3n) is 4.29. The maximum absolute atomic E-state index is 12.5. The monoisotopic (exact) mass is 406 g/mol. The van der Waals surface area contributed by atoms with Crippen LogP contribution >= 0.6 is 11.3 Å². The Labute approximate surface area is 163 Å². The maximum Gasteiger partial charge on any atom is 0.252 e. The van der Waals surface area contributed by atoms with Crippen molar-refractivity contribution in [2.45, 2.75) is 23.6 Å². The molecule has 2 aromatic rings. The molecule has 1 aromatic heterocycles. The molecule has 1 aliphatic rings. The van der Waals surface area contributed by atoms with E-state index in [-0.39, 0.29) is 12.5 Å². The number of thiophene rings is 1. The van der Waals surface area contributed by atoms with E-state index in [1.165, 1.54) is 21.7 Å². The second-order valence-corrected chi connectivity index (χ2v) is 9.46. The summed E-state index contributed by atoms with van der Waals surface area (Å²) >= 11 is 1.20. The van der Waals surface area contributed by atoms with E-state index in [0.29, 0.717) is 23.0 Å². The Balaban J connectivity index is 1.58. The fourth-order valence-corrected chi connectivity index (χ4v) is 5.82. The van der Waals surface area contributed by atoms with E-state index in [4.69, 9.17) is 4.74 Å². The van der Waals surface area contributed by atoms with E-state index in [1.54, 1.807) is 25.3 Å². The van der Waals surface area contributed by atoms with Gasteiger partial charge in [0.2, 0.25) is 5.91 Å². The zero-order valence-electron chi connectivity index (χ0n) is 15.1. The van der Waals surface area contributed by atoms with Crippen molar-refractivity contribution < 1.29 is 17.9 Å². The number of hydrogen-bond acceptors (Lipinski definition) is 5. The first-order valence-electron chi connectivity index (χ1n) is 8.68. The van der Waals surface area contributed by atoms with Gasteiger partial charge in [0, 0.05) is 29.6 Å². The van der Waals surface area contributed by atoms with E-state index >= 15 is 0 Å². The number of amides is 1. The number of nitrogens with one attached hydrogen (secondary N) is 1. The number of benzene rings is 1. The molecule has 2 heterocycles. The standard InChI is InChI=1S/C19H22N2O4S2/c1-25-17-7-3-2-6-15(17)8-10-18(22)20-14-16-9-11-19(26-16)27(23,24)21-12-4-5-13-21/h2-3,6-11H,4-5,12-14H2,1H3,(H,20,22)/b10-8+. The van der Waals surface area contributed by atoms with Crippen molar-refractivity contribution in [1.82, 2.24) is 9.62 Å². The molecule has 1 fully saturated rings. The summed E-state index contributed by atoms with van der Waals surface area (Å²) in [5, 5.41) is 2.78. The van der Waals surface area contributed by atoms with Crippen LogP contribution < -0.4 is 10.1 Å². The van der Waals surface area contributed by atoms with Crippen molar-refractivity contribution in [3.8, 4) is 5.75 Å². The first-order valence-corrected chi connectivity index (χ1v) is 10.9. The van der Waals surface area contributed by atoms with Gasteiger partial charge in [-0.15, -0.1) is 11.3 Å². The number of carbonyl (C=O) groups excluding carboxylic acids is 1. The number of ether oxygens (including phenoxy) is 1. The third-order valence-corrected chi connectivity index (χ3v) is 7.74. The zero-order chi connectivity index (χ0) is 19.3. The summed E-state index contributed by atoms with van der Waals surface area (Å²) in [4.78, 5) is 12.8. The average molecular weight is 407 g/mol. The van der Waals surface area contributed by atoms with Crippen molar-refractivity contribution in [3.63, 3.8) is 0 Å². The largest absolute Gasteiger partial charge is 0.496 e. The van der Waals surface area contributed by atoms with Gasteiger partial charge in [-0.1, -0.05) is 18.2 Å². The molecule has 0 saturated carbocycles. The van der Waals surface area contributed by atoms with Gasteiger partial charge in [0.25, 0.3) is 10.0 Å². The molecular formula is C19H22N2O4S2. The van der Waals surface area contributed by atoms with Crippen LogP contribution in [0.15, 0.2) is 46.7 Å². The Bertz CT molecular complexity index is 929. The van der Waals surface area contributed by atoms with Crippen molar-refractivity contribution in [2.75, 3.05) is 20.2 Å². The van der Waals surface area contributed by atoms with E-state index in [0.717, 1.165) is 23.3 Å². The molecule has 1 N–H and O–H groups in total. The van der Waals surface area contributed by atoms with Crippen LogP contribution in [-0.2, 0) is 21.4 Å². The molecule has 8 heteroatoms. The Morgan fingerprint density at radius 1 is 1.22 bits per heavy atom. The smallest absolute Gasteiger partial charge is 0.252 e. The molecule has 1 aromatic carbocycles. The van der Waals surface area contributed by atoms with Crippen LogP contribution in [0.1, 0.15) is 23.3 Å². The lowest BCUT2D eigenvalue weighted by Crippen LogP contribution is -2.27. The topological polar surface area (TPSA) is 75.7 Å². The molecule has 6 nitrogen and oxygen atoms in total. The number of nitrogens with zero attached hydrogens (tertiary/aromatic N) is 1. The van der Waals surface area contributed by atoms with Crippen LogP contribution in [0.2, 0.25) is 0 Å². The summed E-state index contributed by atoms with van der Waals surface area (Å²) in [6.45, 7) is 1.45. The van der Waals surface area contributed by atoms with Gasteiger partial charge in [-0.25, -0.2) is 8.42 Å². The summed E-state index contributed by atoms with van der Waals surface area (Å²) in [7, 11) is -1.82. The second-order valence-electron chi connectivity index (χ2n) is 6.13. The van der Waals surface area contributed by atoms with Gasteiger partial charge >= 0.3 is 0 Å². The summed E-state index contributed by atoms with van der Waals surface area (Å²) in [6.07, 6.45) is 4.94. The van der Waals surface area contributed by atoms with Crippen molar-refractivity contribution >= 4 is 33.3 Å². The van der Waals surface area contributed by atoms with Crippen molar-refractivity contribution in [1.29, 1.82) is 0 Å². The molecule has 0 atom stereocenters. The Morgan fingerprint density at radius 2 is 1.96 bits per heavy atom. The van der Waals surface area contributed by atoms with Crippen LogP contribution in [0.5, 0.6) is 5.75 Å². The molecule has 27 heavy (non-hydrogen) atoms. The fraction of sp³-hybridized carbons (Fsp3) is 0.316. The number of sulfonamides is 1. The maximum atomic E-state index is 12.5. The number of rotatable bonds is 7. The van der Waals surface area contributed by atoms with E-state index < -0.39 is 10.0 Å². The number of hydrogen-bond donors (Lipinski definition) is 1. The highest BCUT2D eigenvalue weighted by atomic mass is 32.2. The minimum absolute atomic E-state index is 0.252. The molecule has 1 saturated heterocycles. The van der Waals surface area contributed by atoms with E-state index in [1.807, 2.05) is 24.3 Å². The lowest BCUT2D eigenvalue weighted by atomic mass is 10.2. The highest BCUT2D eigenvalue weighted by molar-refractivity contribution is 7.91. The molecule has 1 aliphatic heterocycles. The molecule has 0 aliphatic carbocycles. The summed E-state index contributed by atoms with van der Waals surface area (Å²) in [5.41, 5.74) is 0.810. The molecule has 0 spiro atoms. The highest BCUT2D eigenvalue weighted by Crippen LogP contribution is 2.27. The molecule has 144 valence electrons. The summed E-state index contributed by atoms with van der Waals surface area (Å²) < 4.78 is 32.2. The van der Waals surface area contributed by atoms with Crippen LogP contribution in [-0.4, -0.2) is 38.8 Å². The van der Waals surface area contributed by atoms with Gasteiger partial charge in [0.05, 0.1) is 13.7 Å². The Kier molecular flexibility index (Phi) is 6.30. The van der Waals surface area contributed by atoms with Crippen molar-refractivity contribution in [2.24, 2.45) is 0 Å². The minimum Gasteiger partial charge on any atom is -0.496 e. The minimum atomic E-state index is -3.40. The van der Waals surface area contributed by atoms with Crippen molar-refractivity contribution in [3.05, 3.63) is 52.9 Å². The van der Waals surface area contributed by atoms with Crippen LogP contribution in [0, 0.1) is 0 Å². The van der Waals surface area contributed by atoms with Gasteiger partial charge in [-0.05, 0) is 37.1 Å². The summed E-state index contributed by atoms with van der Waals surface area (Å²) in [5.74, 6) is 0.440. The summed E-state index contributed by atoms with van der Waals surface area (Å²) in [6, 6.07) is 10.8. The predicted octanol–water partition coefficient (Wildman–Crippen LogP) is 2.87. The molecule has 0 bridgehead atoms. The molecule has 0 unspecified atom stereocenters. The Hall–Kier alpha value is -2.16. The quantitative estimate of drug-likeness (QED) is 0.718. The lowest BCUT2D eigenvalue weighted by molar-refractivity contribution is -0.116. The SMILES string of the molecule is COc1ccccc1/C=C/C(=O)NCc1ccc(S(=O)(=O)N2CCCC2)s1. The van der Waals surface area contributed by atoms with Crippen LogP contribution in [0.3, 0.4) is 0 Å². The normalized spacial score (nSPS) is 15.3. The fourth-order valence-electron chi connectivity index (χ4n) is 2.85. The molecule has 3 rings (SSSR count). The predicted molar refractivity (Wildman–Crippen MR) is 106 cm³/mol. The molecular weight excluding hydrogens is 384 g/mol. The Morgan fingerprint density at radius 3 is 2.70 bits per heavy atom. The number of methoxy groups -OCH3 is 1. The van der Waals surface area contributed by atoms with Gasteiger partial charge < -0.3 is 10.1 Å². The van der Waals surface area contributed by atoms with Gasteiger partial charge in [-0.2, -0.15) is 4.31 Å². The average Bonchev–Trinajstić information content (AvgIpc) is 3.37.